The molecule has 0 unspecified atom stereocenters. The van der Waals surface area contributed by atoms with Crippen molar-refractivity contribution in [2.45, 2.75) is 40.2 Å². The minimum Gasteiger partial charge on any atom is -0.357 e. The predicted octanol–water partition coefficient (Wildman–Crippen LogP) is 2.65. The summed E-state index contributed by atoms with van der Waals surface area (Å²) in [6, 6.07) is 0. The zero-order chi connectivity index (χ0) is 13.7. The van der Waals surface area contributed by atoms with Gasteiger partial charge in [-0.3, -0.25) is 0 Å². The molecule has 0 bridgehead atoms. The van der Waals surface area contributed by atoms with Gasteiger partial charge in [0.25, 0.3) is 0 Å². The molecule has 0 aromatic carbocycles. The van der Waals surface area contributed by atoms with Crippen molar-refractivity contribution in [1.29, 1.82) is 0 Å². The maximum absolute atomic E-state index is 4.73. The van der Waals surface area contributed by atoms with Crippen LogP contribution in [0.1, 0.15) is 36.6 Å². The largest absolute Gasteiger partial charge is 0.357 e. The molecule has 1 saturated heterocycles. The van der Waals surface area contributed by atoms with Crippen LogP contribution < -0.4 is 5.32 Å². The van der Waals surface area contributed by atoms with Gasteiger partial charge >= 0.3 is 0 Å². The Bertz CT molecular complexity index is 419. The van der Waals surface area contributed by atoms with Crippen LogP contribution in [-0.2, 0) is 6.54 Å². The van der Waals surface area contributed by atoms with Crippen molar-refractivity contribution < 1.29 is 0 Å². The van der Waals surface area contributed by atoms with Gasteiger partial charge in [0.1, 0.15) is 5.01 Å². The fourth-order valence-corrected chi connectivity index (χ4v) is 2.97. The third-order valence-electron chi connectivity index (χ3n) is 3.45. The highest BCUT2D eigenvalue weighted by atomic mass is 32.1. The lowest BCUT2D eigenvalue weighted by atomic mass is 10.00. The van der Waals surface area contributed by atoms with Crippen molar-refractivity contribution in [3.05, 3.63) is 16.1 Å². The fourth-order valence-electron chi connectivity index (χ4n) is 2.26. The Hall–Kier alpha value is -1.10. The second kappa shape index (κ2) is 6.89. The first-order valence-corrected chi connectivity index (χ1v) is 7.95. The number of rotatable bonds is 3. The maximum atomic E-state index is 4.73. The quantitative estimate of drug-likeness (QED) is 0.683. The maximum Gasteiger partial charge on any atom is 0.194 e. The van der Waals surface area contributed by atoms with Gasteiger partial charge in [0.05, 0.1) is 6.54 Å². The van der Waals surface area contributed by atoms with E-state index in [2.05, 4.69) is 36.0 Å². The molecule has 0 saturated carbocycles. The Morgan fingerprint density at radius 1 is 1.53 bits per heavy atom. The molecule has 1 aromatic rings. The van der Waals surface area contributed by atoms with E-state index in [1.807, 2.05) is 6.20 Å². The summed E-state index contributed by atoms with van der Waals surface area (Å²) in [6.45, 7) is 10.4. The fraction of sp³-hybridized carbons (Fsp3) is 0.714. The number of aromatic nitrogens is 1. The Balaban J connectivity index is 1.98. The van der Waals surface area contributed by atoms with Gasteiger partial charge in [0.15, 0.2) is 5.96 Å². The van der Waals surface area contributed by atoms with E-state index in [4.69, 9.17) is 4.99 Å². The second-order valence-electron chi connectivity index (χ2n) is 5.20. The molecule has 19 heavy (non-hydrogen) atoms. The Labute approximate surface area is 120 Å². The molecule has 106 valence electrons. The van der Waals surface area contributed by atoms with E-state index in [9.17, 15) is 0 Å². The van der Waals surface area contributed by atoms with Crippen molar-refractivity contribution >= 4 is 17.3 Å². The molecule has 1 N–H and O–H groups in total. The van der Waals surface area contributed by atoms with E-state index in [1.54, 1.807) is 11.3 Å². The topological polar surface area (TPSA) is 40.5 Å². The number of aryl methyl sites for hydroxylation is 1. The summed E-state index contributed by atoms with van der Waals surface area (Å²) in [7, 11) is 0. The minimum absolute atomic E-state index is 0.687. The summed E-state index contributed by atoms with van der Waals surface area (Å²) in [5, 5.41) is 4.49. The van der Waals surface area contributed by atoms with E-state index >= 15 is 0 Å². The Kier molecular flexibility index (Phi) is 5.19. The van der Waals surface area contributed by atoms with Gasteiger partial charge in [0, 0.05) is 30.7 Å². The third-order valence-corrected chi connectivity index (χ3v) is 4.35. The minimum atomic E-state index is 0.687. The van der Waals surface area contributed by atoms with E-state index < -0.39 is 0 Å². The molecule has 0 radical (unpaired) electrons. The lowest BCUT2D eigenvalue weighted by molar-refractivity contribution is 0.273. The van der Waals surface area contributed by atoms with Crippen molar-refractivity contribution in [2.75, 3.05) is 19.6 Å². The Morgan fingerprint density at radius 3 is 2.84 bits per heavy atom. The lowest BCUT2D eigenvalue weighted by Crippen LogP contribution is -2.45. The SMILES string of the molecule is CCNC(=NCc1ncc(C)s1)N1CCC(C)CC1. The lowest BCUT2D eigenvalue weighted by Gasteiger charge is -2.32. The van der Waals surface area contributed by atoms with Gasteiger partial charge in [-0.05, 0) is 32.6 Å². The standard InChI is InChI=1S/C14H24N4S/c1-4-15-14(18-7-5-11(2)6-8-18)17-10-13-16-9-12(3)19-13/h9,11H,4-8,10H2,1-3H3,(H,15,17). The molecule has 0 spiro atoms. The van der Waals surface area contributed by atoms with Crippen LogP contribution in [0.2, 0.25) is 0 Å². The number of aliphatic imine (C=N–C) groups is 1. The molecule has 5 heteroatoms. The predicted molar refractivity (Wildman–Crippen MR) is 81.6 cm³/mol. The highest BCUT2D eigenvalue weighted by Gasteiger charge is 2.18. The second-order valence-corrected chi connectivity index (χ2v) is 6.52. The number of guanidine groups is 1. The summed E-state index contributed by atoms with van der Waals surface area (Å²) < 4.78 is 0. The van der Waals surface area contributed by atoms with E-state index in [1.165, 1.54) is 17.7 Å². The number of piperidine rings is 1. The molecule has 4 nitrogen and oxygen atoms in total. The van der Waals surface area contributed by atoms with Crippen LogP contribution in [0, 0.1) is 12.8 Å². The number of likely N-dealkylation sites (tertiary alicyclic amines) is 1. The van der Waals surface area contributed by atoms with Gasteiger partial charge in [-0.25, -0.2) is 9.98 Å². The van der Waals surface area contributed by atoms with Crippen molar-refractivity contribution in [3.63, 3.8) is 0 Å². The van der Waals surface area contributed by atoms with Crippen LogP contribution in [-0.4, -0.2) is 35.5 Å². The smallest absolute Gasteiger partial charge is 0.194 e. The highest BCUT2D eigenvalue weighted by molar-refractivity contribution is 7.11. The van der Waals surface area contributed by atoms with E-state index in [0.29, 0.717) is 6.54 Å². The van der Waals surface area contributed by atoms with Gasteiger partial charge in [-0.2, -0.15) is 0 Å². The number of hydrogen-bond acceptors (Lipinski definition) is 3. The number of thiazole rings is 1. The summed E-state index contributed by atoms with van der Waals surface area (Å²) >= 11 is 1.73. The van der Waals surface area contributed by atoms with Crippen molar-refractivity contribution in [1.82, 2.24) is 15.2 Å². The molecule has 0 atom stereocenters. The number of nitrogens with one attached hydrogen (secondary N) is 1. The monoisotopic (exact) mass is 280 g/mol. The first kappa shape index (κ1) is 14.3. The van der Waals surface area contributed by atoms with Crippen molar-refractivity contribution in [3.8, 4) is 0 Å². The molecular formula is C14H24N4S. The molecule has 1 fully saturated rings. The zero-order valence-electron chi connectivity index (χ0n) is 12.1. The molecule has 1 aromatic heterocycles. The van der Waals surface area contributed by atoms with Gasteiger partial charge in [-0.1, -0.05) is 6.92 Å². The van der Waals surface area contributed by atoms with Crippen LogP contribution >= 0.6 is 11.3 Å². The van der Waals surface area contributed by atoms with Gasteiger partial charge in [0.2, 0.25) is 0 Å². The van der Waals surface area contributed by atoms with Crippen LogP contribution in [0.15, 0.2) is 11.2 Å². The molecular weight excluding hydrogens is 256 g/mol. The van der Waals surface area contributed by atoms with Crippen LogP contribution in [0.5, 0.6) is 0 Å². The van der Waals surface area contributed by atoms with E-state index in [-0.39, 0.29) is 0 Å². The Morgan fingerprint density at radius 2 is 2.26 bits per heavy atom. The summed E-state index contributed by atoms with van der Waals surface area (Å²) in [5.41, 5.74) is 0. The first-order chi connectivity index (χ1) is 9.19. The molecule has 2 heterocycles. The average molecular weight is 280 g/mol. The van der Waals surface area contributed by atoms with E-state index in [0.717, 1.165) is 36.5 Å². The van der Waals surface area contributed by atoms with Gasteiger partial charge < -0.3 is 10.2 Å². The molecule has 0 amide bonds. The molecule has 1 aliphatic rings. The molecule has 2 rings (SSSR count). The number of nitrogens with zero attached hydrogens (tertiary/aromatic N) is 3. The van der Waals surface area contributed by atoms with Gasteiger partial charge in [-0.15, -0.1) is 11.3 Å². The number of hydrogen-bond donors (Lipinski definition) is 1. The summed E-state index contributed by atoms with van der Waals surface area (Å²) in [6.07, 6.45) is 4.45. The van der Waals surface area contributed by atoms with Crippen molar-refractivity contribution in [2.24, 2.45) is 10.9 Å². The highest BCUT2D eigenvalue weighted by Crippen LogP contribution is 2.17. The normalized spacial score (nSPS) is 17.8. The first-order valence-electron chi connectivity index (χ1n) is 7.13. The van der Waals surface area contributed by atoms with Crippen LogP contribution in [0.3, 0.4) is 0 Å². The van der Waals surface area contributed by atoms with Crippen LogP contribution in [0.4, 0.5) is 0 Å². The summed E-state index contributed by atoms with van der Waals surface area (Å²) in [5.74, 6) is 1.89. The summed E-state index contributed by atoms with van der Waals surface area (Å²) in [4.78, 5) is 12.7. The zero-order valence-corrected chi connectivity index (χ0v) is 13.0. The third kappa shape index (κ3) is 4.20. The average Bonchev–Trinajstić information content (AvgIpc) is 2.81. The van der Waals surface area contributed by atoms with Crippen LogP contribution in [0.25, 0.3) is 0 Å². The molecule has 1 aliphatic heterocycles. The molecule has 0 aliphatic carbocycles.